The molecule has 2 aromatic carbocycles. The van der Waals surface area contributed by atoms with E-state index in [1.165, 1.54) is 0 Å². The molecule has 1 saturated heterocycles. The van der Waals surface area contributed by atoms with Gasteiger partial charge in [0.05, 0.1) is 5.69 Å². The molecule has 1 unspecified atom stereocenters. The van der Waals surface area contributed by atoms with E-state index in [4.69, 9.17) is 0 Å². The molecule has 2 N–H and O–H groups in total. The predicted octanol–water partition coefficient (Wildman–Crippen LogP) is 3.54. The van der Waals surface area contributed by atoms with Crippen molar-refractivity contribution in [2.45, 2.75) is 34.6 Å². The van der Waals surface area contributed by atoms with E-state index in [-0.39, 0.29) is 6.54 Å². The van der Waals surface area contributed by atoms with Crippen LogP contribution >= 0.6 is 0 Å². The van der Waals surface area contributed by atoms with Gasteiger partial charge >= 0.3 is 6.03 Å². The normalized spacial score (nSPS) is 16.8. The van der Waals surface area contributed by atoms with Crippen molar-refractivity contribution < 1.29 is 14.4 Å². The molecule has 3 rings (SSSR count). The summed E-state index contributed by atoms with van der Waals surface area (Å²) in [5.41, 5.74) is 6.18. The van der Waals surface area contributed by atoms with Gasteiger partial charge in [-0.15, -0.1) is 0 Å². The fourth-order valence-electron chi connectivity index (χ4n) is 3.51. The van der Waals surface area contributed by atoms with Gasteiger partial charge in [0.2, 0.25) is 11.8 Å². The molecule has 28 heavy (non-hydrogen) atoms. The van der Waals surface area contributed by atoms with E-state index < -0.39 is 23.8 Å². The fourth-order valence-corrected chi connectivity index (χ4v) is 3.51. The van der Waals surface area contributed by atoms with E-state index in [1.54, 1.807) is 12.1 Å². The van der Waals surface area contributed by atoms with E-state index in [1.807, 2.05) is 52.8 Å². The number of aryl methyl sites for hydroxylation is 5. The van der Waals surface area contributed by atoms with Crippen LogP contribution < -0.4 is 15.5 Å². The van der Waals surface area contributed by atoms with Crippen LogP contribution in [0.1, 0.15) is 27.8 Å². The number of nitrogens with one attached hydrogen (secondary N) is 2. The third-order valence-corrected chi connectivity index (χ3v) is 5.17. The molecule has 0 radical (unpaired) electrons. The van der Waals surface area contributed by atoms with Crippen molar-refractivity contribution in [3.8, 4) is 0 Å². The molecule has 1 atom stereocenters. The van der Waals surface area contributed by atoms with E-state index in [0.29, 0.717) is 11.4 Å². The predicted molar refractivity (Wildman–Crippen MR) is 110 cm³/mol. The number of rotatable bonds is 3. The minimum atomic E-state index is -0.987. The average molecular weight is 379 g/mol. The Kier molecular flexibility index (Phi) is 5.23. The molecule has 1 aliphatic rings. The highest BCUT2D eigenvalue weighted by Gasteiger charge is 2.39. The highest BCUT2D eigenvalue weighted by atomic mass is 16.2. The SMILES string of the molecule is Cc1cc(C)c(NC(=O)C2CNC(=O)N(c3ccc(C)c(C)c3)C2=O)c(C)c1. The first-order chi connectivity index (χ1) is 13.2. The fraction of sp³-hybridized carbons (Fsp3) is 0.318. The smallest absolute Gasteiger partial charge is 0.328 e. The minimum Gasteiger partial charge on any atom is -0.336 e. The molecule has 0 aliphatic carbocycles. The maximum atomic E-state index is 13.0. The lowest BCUT2D eigenvalue weighted by Gasteiger charge is -2.31. The van der Waals surface area contributed by atoms with Crippen LogP contribution in [0.4, 0.5) is 16.2 Å². The van der Waals surface area contributed by atoms with Gasteiger partial charge in [0, 0.05) is 12.2 Å². The van der Waals surface area contributed by atoms with Crippen LogP contribution in [0.25, 0.3) is 0 Å². The molecule has 1 heterocycles. The maximum Gasteiger partial charge on any atom is 0.328 e. The molecule has 1 aliphatic heterocycles. The van der Waals surface area contributed by atoms with E-state index in [0.717, 1.165) is 32.7 Å². The Morgan fingerprint density at radius 3 is 2.21 bits per heavy atom. The molecule has 146 valence electrons. The second kappa shape index (κ2) is 7.46. The van der Waals surface area contributed by atoms with Gasteiger partial charge in [-0.1, -0.05) is 23.8 Å². The first-order valence-electron chi connectivity index (χ1n) is 9.27. The van der Waals surface area contributed by atoms with Crippen LogP contribution in [0.15, 0.2) is 30.3 Å². The molecule has 0 spiro atoms. The van der Waals surface area contributed by atoms with Gasteiger partial charge in [0.15, 0.2) is 0 Å². The Labute approximate surface area is 164 Å². The lowest BCUT2D eigenvalue weighted by Crippen LogP contribution is -2.58. The van der Waals surface area contributed by atoms with Crippen molar-refractivity contribution in [2.75, 3.05) is 16.8 Å². The Morgan fingerprint density at radius 2 is 1.61 bits per heavy atom. The molecule has 0 saturated carbocycles. The van der Waals surface area contributed by atoms with E-state index in [9.17, 15) is 14.4 Å². The maximum absolute atomic E-state index is 13.0. The van der Waals surface area contributed by atoms with Crippen molar-refractivity contribution in [1.82, 2.24) is 5.32 Å². The van der Waals surface area contributed by atoms with Gasteiger partial charge in [-0.05, 0) is 69.0 Å². The zero-order valence-electron chi connectivity index (χ0n) is 16.8. The van der Waals surface area contributed by atoms with Gasteiger partial charge in [0.25, 0.3) is 0 Å². The number of anilines is 2. The standard InChI is InChI=1S/C22H25N3O3/c1-12-8-15(4)19(16(5)9-12)24-20(26)18-11-23-22(28)25(21(18)27)17-7-6-13(2)14(3)10-17/h6-10,18H,11H2,1-5H3,(H,23,28)(H,24,26). The second-order valence-corrected chi connectivity index (χ2v) is 7.44. The number of benzene rings is 2. The zero-order valence-corrected chi connectivity index (χ0v) is 16.8. The van der Waals surface area contributed by atoms with Gasteiger partial charge in [-0.3, -0.25) is 9.59 Å². The summed E-state index contributed by atoms with van der Waals surface area (Å²) in [4.78, 5) is 39.2. The summed E-state index contributed by atoms with van der Waals surface area (Å²) >= 11 is 0. The molecule has 1 fully saturated rings. The first-order valence-corrected chi connectivity index (χ1v) is 9.27. The number of nitrogens with zero attached hydrogens (tertiary/aromatic N) is 1. The van der Waals surface area contributed by atoms with E-state index >= 15 is 0 Å². The van der Waals surface area contributed by atoms with Crippen molar-refractivity contribution in [1.29, 1.82) is 0 Å². The van der Waals surface area contributed by atoms with Crippen LogP contribution in [-0.2, 0) is 9.59 Å². The molecule has 6 heteroatoms. The summed E-state index contributed by atoms with van der Waals surface area (Å²) in [6.45, 7) is 9.68. The summed E-state index contributed by atoms with van der Waals surface area (Å²) in [5.74, 6) is -1.93. The summed E-state index contributed by atoms with van der Waals surface area (Å²) in [5, 5.41) is 5.53. The van der Waals surface area contributed by atoms with E-state index in [2.05, 4.69) is 10.6 Å². The largest absolute Gasteiger partial charge is 0.336 e. The molecule has 2 aromatic rings. The van der Waals surface area contributed by atoms with Crippen LogP contribution in [0.5, 0.6) is 0 Å². The summed E-state index contributed by atoms with van der Waals surface area (Å²) in [6.07, 6.45) is 0. The highest BCUT2D eigenvalue weighted by Crippen LogP contribution is 2.26. The lowest BCUT2D eigenvalue weighted by atomic mass is 10.0. The quantitative estimate of drug-likeness (QED) is 0.801. The number of imide groups is 1. The van der Waals surface area contributed by atoms with Crippen molar-refractivity contribution in [2.24, 2.45) is 5.92 Å². The number of hydrogen-bond acceptors (Lipinski definition) is 3. The van der Waals surface area contributed by atoms with Gasteiger partial charge < -0.3 is 10.6 Å². The summed E-state index contributed by atoms with van der Waals surface area (Å²) < 4.78 is 0. The van der Waals surface area contributed by atoms with Gasteiger partial charge in [-0.2, -0.15) is 0 Å². The zero-order chi connectivity index (χ0) is 20.6. The number of urea groups is 1. The van der Waals surface area contributed by atoms with Crippen LogP contribution in [0.3, 0.4) is 0 Å². The second-order valence-electron chi connectivity index (χ2n) is 7.44. The number of carbonyl (C=O) groups excluding carboxylic acids is 3. The first kappa shape index (κ1) is 19.6. The van der Waals surface area contributed by atoms with Gasteiger partial charge in [-0.25, -0.2) is 9.69 Å². The third kappa shape index (κ3) is 3.63. The molecular formula is C22H25N3O3. The Morgan fingerprint density at radius 1 is 0.964 bits per heavy atom. The van der Waals surface area contributed by atoms with Gasteiger partial charge in [0.1, 0.15) is 5.92 Å². The van der Waals surface area contributed by atoms with Crippen molar-refractivity contribution in [3.05, 3.63) is 58.1 Å². The van der Waals surface area contributed by atoms with Crippen molar-refractivity contribution in [3.63, 3.8) is 0 Å². The Balaban J connectivity index is 1.86. The minimum absolute atomic E-state index is 0.0190. The highest BCUT2D eigenvalue weighted by molar-refractivity contribution is 6.23. The third-order valence-electron chi connectivity index (χ3n) is 5.17. The summed E-state index contributed by atoms with van der Waals surface area (Å²) in [6, 6.07) is 8.80. The number of carbonyl (C=O) groups is 3. The van der Waals surface area contributed by atoms with Crippen LogP contribution in [0, 0.1) is 40.5 Å². The lowest BCUT2D eigenvalue weighted by molar-refractivity contribution is -0.130. The molecule has 4 amide bonds. The number of amides is 4. The molecule has 0 aromatic heterocycles. The van der Waals surface area contributed by atoms with Crippen LogP contribution in [-0.4, -0.2) is 24.4 Å². The van der Waals surface area contributed by atoms with Crippen LogP contribution in [0.2, 0.25) is 0 Å². The average Bonchev–Trinajstić information content (AvgIpc) is 2.61. The Bertz CT molecular complexity index is 958. The topological polar surface area (TPSA) is 78.5 Å². The summed E-state index contributed by atoms with van der Waals surface area (Å²) in [7, 11) is 0. The monoisotopic (exact) mass is 379 g/mol. The molecule has 0 bridgehead atoms. The number of hydrogen-bond donors (Lipinski definition) is 2. The Hall–Kier alpha value is -3.15. The van der Waals surface area contributed by atoms with Crippen molar-refractivity contribution >= 4 is 29.2 Å². The molecule has 6 nitrogen and oxygen atoms in total. The molecular weight excluding hydrogens is 354 g/mol.